The van der Waals surface area contributed by atoms with Crippen molar-refractivity contribution in [2.24, 2.45) is 5.92 Å². The molecule has 0 aliphatic carbocycles. The van der Waals surface area contributed by atoms with Gasteiger partial charge in [-0.05, 0) is 62.9 Å². The molecule has 2 aromatic heterocycles. The van der Waals surface area contributed by atoms with Crippen molar-refractivity contribution in [3.8, 4) is 11.3 Å². The molecule has 0 spiro atoms. The highest BCUT2D eigenvalue weighted by atomic mass is 14.9. The van der Waals surface area contributed by atoms with Gasteiger partial charge in [0.2, 0.25) is 0 Å². The maximum Gasteiger partial charge on any atom is 0.123 e. The molecule has 0 radical (unpaired) electrons. The van der Waals surface area contributed by atoms with Crippen molar-refractivity contribution in [3.63, 3.8) is 0 Å². The Morgan fingerprint density at radius 1 is 1.14 bits per heavy atom. The summed E-state index contributed by atoms with van der Waals surface area (Å²) in [7, 11) is 0. The number of nitrogens with zero attached hydrogens (tertiary/aromatic N) is 3. The smallest absolute Gasteiger partial charge is 0.123 e. The van der Waals surface area contributed by atoms with Gasteiger partial charge in [0.05, 0.1) is 5.69 Å². The first kappa shape index (κ1) is 13.9. The number of hydrogen-bond donors (Lipinski definition) is 2. The van der Waals surface area contributed by atoms with Crippen molar-refractivity contribution in [1.29, 1.82) is 0 Å². The molecule has 110 valence electrons. The van der Waals surface area contributed by atoms with Gasteiger partial charge in [-0.15, -0.1) is 0 Å². The van der Waals surface area contributed by atoms with E-state index in [4.69, 9.17) is 5.73 Å². The van der Waals surface area contributed by atoms with Crippen molar-refractivity contribution >= 4 is 5.82 Å². The number of aromatic nitrogens is 3. The van der Waals surface area contributed by atoms with Crippen LogP contribution in [0.4, 0.5) is 5.82 Å². The summed E-state index contributed by atoms with van der Waals surface area (Å²) in [5, 5.41) is 3.45. The van der Waals surface area contributed by atoms with Gasteiger partial charge in [-0.25, -0.2) is 15.0 Å². The maximum absolute atomic E-state index is 5.62. The molecule has 1 atom stereocenters. The monoisotopic (exact) mass is 283 g/mol. The lowest BCUT2D eigenvalue weighted by molar-refractivity contribution is 0.465. The van der Waals surface area contributed by atoms with E-state index in [2.05, 4.69) is 26.3 Å². The lowest BCUT2D eigenvalue weighted by Gasteiger charge is -2.13. The van der Waals surface area contributed by atoms with Gasteiger partial charge >= 0.3 is 0 Å². The highest BCUT2D eigenvalue weighted by molar-refractivity contribution is 5.59. The average Bonchev–Trinajstić information content (AvgIpc) is 2.77. The Kier molecular flexibility index (Phi) is 4.40. The average molecular weight is 283 g/mol. The second kappa shape index (κ2) is 6.63. The Bertz CT molecular complexity index is 573. The second-order valence-electron chi connectivity index (χ2n) is 5.62. The predicted octanol–water partition coefficient (Wildman–Crippen LogP) is 2.05. The quantitative estimate of drug-likeness (QED) is 0.901. The van der Waals surface area contributed by atoms with Crippen LogP contribution in [0, 0.1) is 5.92 Å². The van der Waals surface area contributed by atoms with E-state index in [1.54, 1.807) is 18.6 Å². The molecule has 0 amide bonds. The summed E-state index contributed by atoms with van der Waals surface area (Å²) in [6.45, 7) is 2.26. The van der Waals surface area contributed by atoms with Crippen molar-refractivity contribution in [2.75, 3.05) is 18.8 Å². The van der Waals surface area contributed by atoms with E-state index in [9.17, 15) is 0 Å². The van der Waals surface area contributed by atoms with Gasteiger partial charge in [-0.3, -0.25) is 0 Å². The zero-order chi connectivity index (χ0) is 14.5. The van der Waals surface area contributed by atoms with Crippen LogP contribution < -0.4 is 11.1 Å². The van der Waals surface area contributed by atoms with E-state index in [1.807, 2.05) is 6.07 Å². The first-order valence-corrected chi connectivity index (χ1v) is 7.55. The molecule has 1 fully saturated rings. The lowest BCUT2D eigenvalue weighted by atomic mass is 9.95. The fourth-order valence-corrected chi connectivity index (χ4v) is 2.82. The molecule has 0 bridgehead atoms. The van der Waals surface area contributed by atoms with Crippen LogP contribution >= 0.6 is 0 Å². The largest absolute Gasteiger partial charge is 0.384 e. The second-order valence-corrected chi connectivity index (χ2v) is 5.62. The van der Waals surface area contributed by atoms with Crippen LogP contribution in [-0.4, -0.2) is 28.0 Å². The van der Waals surface area contributed by atoms with Crippen LogP contribution in [0.5, 0.6) is 0 Å². The van der Waals surface area contributed by atoms with Gasteiger partial charge in [-0.2, -0.15) is 0 Å². The van der Waals surface area contributed by atoms with Crippen molar-refractivity contribution in [2.45, 2.75) is 25.7 Å². The topological polar surface area (TPSA) is 76.7 Å². The summed E-state index contributed by atoms with van der Waals surface area (Å²) < 4.78 is 0. The third kappa shape index (κ3) is 3.76. The van der Waals surface area contributed by atoms with Gasteiger partial charge in [0.1, 0.15) is 12.1 Å². The zero-order valence-corrected chi connectivity index (χ0v) is 12.1. The van der Waals surface area contributed by atoms with E-state index in [0.717, 1.165) is 36.5 Å². The van der Waals surface area contributed by atoms with Crippen LogP contribution in [0.1, 0.15) is 25.0 Å². The summed E-state index contributed by atoms with van der Waals surface area (Å²) in [6.07, 6.45) is 8.19. The van der Waals surface area contributed by atoms with Gasteiger partial charge in [0.25, 0.3) is 0 Å². The summed E-state index contributed by atoms with van der Waals surface area (Å²) in [6, 6.07) is 5.82. The van der Waals surface area contributed by atoms with Crippen molar-refractivity contribution in [3.05, 3.63) is 36.4 Å². The van der Waals surface area contributed by atoms with Crippen LogP contribution in [0.15, 0.2) is 30.7 Å². The van der Waals surface area contributed by atoms with Gasteiger partial charge in [-0.1, -0.05) is 0 Å². The Hall–Kier alpha value is -2.01. The van der Waals surface area contributed by atoms with Crippen molar-refractivity contribution < 1.29 is 0 Å². The third-order valence-corrected chi connectivity index (χ3v) is 4.00. The van der Waals surface area contributed by atoms with Crippen LogP contribution in [-0.2, 0) is 6.42 Å². The minimum Gasteiger partial charge on any atom is -0.384 e. The van der Waals surface area contributed by atoms with Crippen molar-refractivity contribution in [1.82, 2.24) is 20.3 Å². The molecule has 1 saturated heterocycles. The van der Waals surface area contributed by atoms with E-state index in [1.165, 1.54) is 19.3 Å². The summed E-state index contributed by atoms with van der Waals surface area (Å²) >= 11 is 0. The number of pyridine rings is 1. The number of nitrogen functional groups attached to an aromatic ring is 1. The standard InChI is InChI=1S/C16H21N5/c17-16-4-3-13(10-19-16)15-9-14(20-11-21-15)8-12-2-1-6-18-7-5-12/h3-4,9-12,18H,1-2,5-8H2,(H2,17,19)/t12-/m0/s1. The molecular formula is C16H21N5. The molecule has 3 heterocycles. The summed E-state index contributed by atoms with van der Waals surface area (Å²) in [5.74, 6) is 1.24. The Morgan fingerprint density at radius 3 is 2.95 bits per heavy atom. The maximum atomic E-state index is 5.62. The van der Waals surface area contributed by atoms with Gasteiger partial charge in [0.15, 0.2) is 0 Å². The van der Waals surface area contributed by atoms with Crippen LogP contribution in [0.25, 0.3) is 11.3 Å². The first-order chi connectivity index (χ1) is 10.3. The molecule has 0 saturated carbocycles. The zero-order valence-electron chi connectivity index (χ0n) is 12.1. The molecule has 1 aliphatic heterocycles. The summed E-state index contributed by atoms with van der Waals surface area (Å²) in [5.41, 5.74) is 8.64. The van der Waals surface area contributed by atoms with Gasteiger partial charge < -0.3 is 11.1 Å². The minimum atomic E-state index is 0.527. The van der Waals surface area contributed by atoms with E-state index < -0.39 is 0 Å². The SMILES string of the molecule is Nc1ccc(-c2cc(C[C@H]3CCCNCC3)ncn2)cn1. The number of nitrogens with one attached hydrogen (secondary N) is 1. The summed E-state index contributed by atoms with van der Waals surface area (Å²) in [4.78, 5) is 12.9. The Labute approximate surface area is 125 Å². The lowest BCUT2D eigenvalue weighted by Crippen LogP contribution is -2.14. The van der Waals surface area contributed by atoms with Crippen LogP contribution in [0.3, 0.4) is 0 Å². The third-order valence-electron chi connectivity index (χ3n) is 4.00. The van der Waals surface area contributed by atoms with E-state index in [0.29, 0.717) is 11.7 Å². The molecule has 2 aromatic rings. The van der Waals surface area contributed by atoms with Gasteiger partial charge in [0, 0.05) is 17.5 Å². The molecule has 5 nitrogen and oxygen atoms in total. The molecule has 1 aliphatic rings. The minimum absolute atomic E-state index is 0.527. The Balaban J connectivity index is 1.74. The number of rotatable bonds is 3. The molecule has 0 unspecified atom stereocenters. The number of anilines is 1. The molecule has 0 aromatic carbocycles. The predicted molar refractivity (Wildman–Crippen MR) is 83.6 cm³/mol. The molecule has 21 heavy (non-hydrogen) atoms. The van der Waals surface area contributed by atoms with Crippen LogP contribution in [0.2, 0.25) is 0 Å². The molecule has 3 N–H and O–H groups in total. The fraction of sp³-hybridized carbons (Fsp3) is 0.438. The fourth-order valence-electron chi connectivity index (χ4n) is 2.82. The number of nitrogens with two attached hydrogens (primary N) is 1. The molecular weight excluding hydrogens is 262 g/mol. The highest BCUT2D eigenvalue weighted by Crippen LogP contribution is 2.21. The Morgan fingerprint density at radius 2 is 2.10 bits per heavy atom. The molecule has 3 rings (SSSR count). The first-order valence-electron chi connectivity index (χ1n) is 7.55. The van der Waals surface area contributed by atoms with E-state index >= 15 is 0 Å². The number of hydrogen-bond acceptors (Lipinski definition) is 5. The normalized spacial score (nSPS) is 19.1. The molecule has 5 heteroatoms. The highest BCUT2D eigenvalue weighted by Gasteiger charge is 2.14. The van der Waals surface area contributed by atoms with E-state index in [-0.39, 0.29) is 0 Å².